The second-order valence-corrected chi connectivity index (χ2v) is 5.72. The molecule has 1 amide bonds. The molecule has 0 bridgehead atoms. The zero-order chi connectivity index (χ0) is 17.8. The molecule has 1 unspecified atom stereocenters. The summed E-state index contributed by atoms with van der Waals surface area (Å²) in [5.41, 5.74) is 11.9. The number of nitrogens with zero attached hydrogens (tertiary/aromatic N) is 2. The van der Waals surface area contributed by atoms with Gasteiger partial charge >= 0.3 is 0 Å². The molecule has 0 spiro atoms. The normalized spacial score (nSPS) is 20.1. The number of halogens is 1. The number of rotatable bonds is 5. The van der Waals surface area contributed by atoms with Crippen LogP contribution in [-0.4, -0.2) is 41.2 Å². The van der Waals surface area contributed by atoms with E-state index in [0.29, 0.717) is 25.3 Å². The lowest BCUT2D eigenvalue weighted by atomic mass is 10.0. The molecule has 1 saturated heterocycles. The van der Waals surface area contributed by atoms with Crippen LogP contribution in [-0.2, 0) is 4.74 Å². The van der Waals surface area contributed by atoms with Crippen molar-refractivity contribution in [3.05, 3.63) is 42.0 Å². The van der Waals surface area contributed by atoms with Crippen molar-refractivity contribution in [2.24, 2.45) is 11.5 Å². The number of nitrogens with one attached hydrogen (secondary N) is 2. The Bertz CT molecular complexity index is 758. The standard InChI is InChI=1S/C16H19FN6O2/c17-11-6-10(14(19)24)15(21-9-2-1-4-20-7-9)23-16(11)22-13-3-5-25-8-12(13)18/h1-2,4,6-7,12-13H,3,5,8,18H2,(H2,19,24)(H2,21,22,23)/t12?,13-/m1/s1. The maximum absolute atomic E-state index is 14.4. The van der Waals surface area contributed by atoms with Crippen LogP contribution in [0, 0.1) is 5.82 Å². The van der Waals surface area contributed by atoms with Gasteiger partial charge < -0.3 is 26.8 Å². The number of primary amides is 1. The quantitative estimate of drug-likeness (QED) is 0.635. The molecular formula is C16H19FN6O2. The van der Waals surface area contributed by atoms with E-state index in [4.69, 9.17) is 16.2 Å². The van der Waals surface area contributed by atoms with E-state index in [1.807, 2.05) is 0 Å². The molecule has 0 aromatic carbocycles. The van der Waals surface area contributed by atoms with Crippen LogP contribution >= 0.6 is 0 Å². The van der Waals surface area contributed by atoms with E-state index in [2.05, 4.69) is 20.6 Å². The van der Waals surface area contributed by atoms with Crippen LogP contribution in [0.5, 0.6) is 0 Å². The summed E-state index contributed by atoms with van der Waals surface area (Å²) in [7, 11) is 0. The molecule has 1 aliphatic rings. The van der Waals surface area contributed by atoms with Gasteiger partial charge in [-0.1, -0.05) is 0 Å². The van der Waals surface area contributed by atoms with Crippen molar-refractivity contribution in [2.75, 3.05) is 23.8 Å². The molecule has 9 heteroatoms. The lowest BCUT2D eigenvalue weighted by molar-refractivity contribution is 0.0751. The zero-order valence-corrected chi connectivity index (χ0v) is 13.4. The Morgan fingerprint density at radius 3 is 2.92 bits per heavy atom. The molecule has 8 nitrogen and oxygen atoms in total. The third-order valence-corrected chi connectivity index (χ3v) is 3.89. The molecule has 0 radical (unpaired) electrons. The first-order valence-corrected chi connectivity index (χ1v) is 7.82. The van der Waals surface area contributed by atoms with Crippen molar-refractivity contribution in [1.29, 1.82) is 0 Å². The fraction of sp³-hybridized carbons (Fsp3) is 0.312. The van der Waals surface area contributed by atoms with Crippen LogP contribution in [0.4, 0.5) is 21.7 Å². The van der Waals surface area contributed by atoms with Crippen molar-refractivity contribution in [2.45, 2.75) is 18.5 Å². The van der Waals surface area contributed by atoms with Gasteiger partial charge in [-0.3, -0.25) is 9.78 Å². The molecule has 6 N–H and O–H groups in total. The molecule has 0 aliphatic carbocycles. The number of nitrogens with two attached hydrogens (primary N) is 2. The Hall–Kier alpha value is -2.78. The summed E-state index contributed by atoms with van der Waals surface area (Å²) < 4.78 is 19.6. The van der Waals surface area contributed by atoms with Crippen LogP contribution in [0.25, 0.3) is 0 Å². The molecule has 132 valence electrons. The fourth-order valence-corrected chi connectivity index (χ4v) is 2.56. The molecule has 1 aliphatic heterocycles. The van der Waals surface area contributed by atoms with Gasteiger partial charge in [0, 0.05) is 24.9 Å². The van der Waals surface area contributed by atoms with Gasteiger partial charge in [0.15, 0.2) is 11.6 Å². The van der Waals surface area contributed by atoms with Gasteiger partial charge in [0.1, 0.15) is 5.82 Å². The number of pyridine rings is 2. The minimum atomic E-state index is -0.785. The molecule has 3 rings (SSSR count). The van der Waals surface area contributed by atoms with Gasteiger partial charge in [0.2, 0.25) is 0 Å². The summed E-state index contributed by atoms with van der Waals surface area (Å²) in [6, 6.07) is 4.06. The average molecular weight is 346 g/mol. The van der Waals surface area contributed by atoms with Crippen molar-refractivity contribution in [1.82, 2.24) is 9.97 Å². The molecular weight excluding hydrogens is 327 g/mol. The SMILES string of the molecule is NC(=O)c1cc(F)c(N[C@@H]2CCOCC2N)nc1Nc1cccnc1. The third-order valence-electron chi connectivity index (χ3n) is 3.89. The van der Waals surface area contributed by atoms with Crippen LogP contribution in [0.3, 0.4) is 0 Å². The first-order chi connectivity index (χ1) is 12.0. The van der Waals surface area contributed by atoms with Crippen molar-refractivity contribution in [3.63, 3.8) is 0 Å². The summed E-state index contributed by atoms with van der Waals surface area (Å²) in [6.07, 6.45) is 3.79. The number of ether oxygens (including phenoxy) is 1. The molecule has 2 aromatic rings. The van der Waals surface area contributed by atoms with Crippen LogP contribution in [0.2, 0.25) is 0 Å². The van der Waals surface area contributed by atoms with Gasteiger partial charge in [0.05, 0.1) is 24.1 Å². The minimum Gasteiger partial charge on any atom is -0.380 e. The Morgan fingerprint density at radius 1 is 1.40 bits per heavy atom. The van der Waals surface area contributed by atoms with E-state index < -0.39 is 11.7 Å². The number of hydrogen-bond acceptors (Lipinski definition) is 7. The fourth-order valence-electron chi connectivity index (χ4n) is 2.56. The number of carbonyl (C=O) groups excluding carboxylic acids is 1. The number of amides is 1. The van der Waals surface area contributed by atoms with Gasteiger partial charge in [-0.25, -0.2) is 9.37 Å². The van der Waals surface area contributed by atoms with E-state index in [0.717, 1.165) is 6.07 Å². The number of carbonyl (C=O) groups is 1. The highest BCUT2D eigenvalue weighted by Gasteiger charge is 2.25. The first-order valence-electron chi connectivity index (χ1n) is 7.82. The zero-order valence-electron chi connectivity index (χ0n) is 13.4. The number of hydrogen-bond donors (Lipinski definition) is 4. The molecule has 0 saturated carbocycles. The predicted molar refractivity (Wildman–Crippen MR) is 91.1 cm³/mol. The third kappa shape index (κ3) is 4.01. The van der Waals surface area contributed by atoms with Gasteiger partial charge in [0.25, 0.3) is 5.91 Å². The monoisotopic (exact) mass is 346 g/mol. The molecule has 2 atom stereocenters. The largest absolute Gasteiger partial charge is 0.380 e. The number of aromatic nitrogens is 2. The summed E-state index contributed by atoms with van der Waals surface area (Å²) in [5.74, 6) is -1.32. The van der Waals surface area contributed by atoms with Crippen molar-refractivity contribution in [3.8, 4) is 0 Å². The van der Waals surface area contributed by atoms with Gasteiger partial charge in [-0.2, -0.15) is 0 Å². The second kappa shape index (κ2) is 7.41. The maximum Gasteiger partial charge on any atom is 0.252 e. The molecule has 3 heterocycles. The predicted octanol–water partition coefficient (Wildman–Crippen LogP) is 0.986. The van der Waals surface area contributed by atoms with Crippen LogP contribution in [0.1, 0.15) is 16.8 Å². The lowest BCUT2D eigenvalue weighted by Gasteiger charge is -2.30. The topological polar surface area (TPSA) is 128 Å². The van der Waals surface area contributed by atoms with Crippen molar-refractivity contribution < 1.29 is 13.9 Å². The highest BCUT2D eigenvalue weighted by molar-refractivity contribution is 5.98. The molecule has 25 heavy (non-hydrogen) atoms. The highest BCUT2D eigenvalue weighted by atomic mass is 19.1. The summed E-state index contributed by atoms with van der Waals surface area (Å²) in [5, 5.41) is 5.93. The van der Waals surface area contributed by atoms with Gasteiger partial charge in [-0.05, 0) is 24.6 Å². The van der Waals surface area contributed by atoms with Crippen LogP contribution < -0.4 is 22.1 Å². The summed E-state index contributed by atoms with van der Waals surface area (Å²) in [6.45, 7) is 0.923. The minimum absolute atomic E-state index is 0.00117. The lowest BCUT2D eigenvalue weighted by Crippen LogP contribution is -2.47. The van der Waals surface area contributed by atoms with E-state index in [-0.39, 0.29) is 29.3 Å². The Balaban J connectivity index is 1.91. The maximum atomic E-state index is 14.4. The van der Waals surface area contributed by atoms with E-state index in [1.54, 1.807) is 24.5 Å². The Kier molecular flexibility index (Phi) is 5.05. The van der Waals surface area contributed by atoms with Crippen molar-refractivity contribution >= 4 is 23.2 Å². The number of anilines is 3. The average Bonchev–Trinajstić information content (AvgIpc) is 2.60. The molecule has 1 fully saturated rings. The van der Waals surface area contributed by atoms with E-state index >= 15 is 0 Å². The Labute approximate surface area is 143 Å². The van der Waals surface area contributed by atoms with Crippen LogP contribution in [0.15, 0.2) is 30.6 Å². The van der Waals surface area contributed by atoms with Gasteiger partial charge in [-0.15, -0.1) is 0 Å². The Morgan fingerprint density at radius 2 is 2.24 bits per heavy atom. The summed E-state index contributed by atoms with van der Waals surface area (Å²) in [4.78, 5) is 19.8. The summed E-state index contributed by atoms with van der Waals surface area (Å²) >= 11 is 0. The smallest absolute Gasteiger partial charge is 0.252 e. The molecule has 2 aromatic heterocycles. The van der Waals surface area contributed by atoms with E-state index in [9.17, 15) is 9.18 Å². The highest BCUT2D eigenvalue weighted by Crippen LogP contribution is 2.24. The van der Waals surface area contributed by atoms with E-state index in [1.165, 1.54) is 0 Å². The second-order valence-electron chi connectivity index (χ2n) is 5.72. The first kappa shape index (κ1) is 17.1.